The van der Waals surface area contributed by atoms with Crippen LogP contribution in [0.3, 0.4) is 0 Å². The quantitative estimate of drug-likeness (QED) is 0.229. The Hall–Kier alpha value is -2.19. The topological polar surface area (TPSA) is 90.4 Å². The van der Waals surface area contributed by atoms with E-state index < -0.39 is 34.6 Å². The Morgan fingerprint density at radius 2 is 1.68 bits per heavy atom. The predicted molar refractivity (Wildman–Crippen MR) is 162 cm³/mol. The SMILES string of the molecule is C=CCN(C)C(=O)[C@H]1[C@H]2C(=O)N(CCCCCCO)C(C(=O)N(CC=C)C(C)(C)CC(C)(C)C)C23CC[C@]1(CC)O3. The van der Waals surface area contributed by atoms with E-state index in [9.17, 15) is 19.5 Å². The molecule has 3 amide bonds. The summed E-state index contributed by atoms with van der Waals surface area (Å²) in [7, 11) is 1.74. The molecule has 8 nitrogen and oxygen atoms in total. The molecule has 1 spiro atoms. The average molecular weight is 574 g/mol. The molecule has 0 radical (unpaired) electrons. The van der Waals surface area contributed by atoms with Crippen LogP contribution in [0, 0.1) is 17.3 Å². The van der Waals surface area contributed by atoms with Crippen LogP contribution in [0.25, 0.3) is 0 Å². The molecular formula is C33H55N3O5. The number of fused-ring (bicyclic) bond motifs is 1. The Morgan fingerprint density at radius 1 is 1.05 bits per heavy atom. The fourth-order valence-corrected chi connectivity index (χ4v) is 8.19. The van der Waals surface area contributed by atoms with Crippen molar-refractivity contribution in [3.63, 3.8) is 0 Å². The van der Waals surface area contributed by atoms with Crippen molar-refractivity contribution in [1.82, 2.24) is 14.7 Å². The molecule has 2 unspecified atom stereocenters. The normalized spacial score (nSPS) is 29.0. The van der Waals surface area contributed by atoms with Crippen LogP contribution in [0.1, 0.15) is 92.9 Å². The van der Waals surface area contributed by atoms with Gasteiger partial charge in [-0.1, -0.05) is 52.7 Å². The molecule has 3 rings (SSSR count). The molecule has 0 aromatic heterocycles. The van der Waals surface area contributed by atoms with E-state index in [0.717, 1.165) is 25.7 Å². The number of hydrogen-bond donors (Lipinski definition) is 1. The minimum atomic E-state index is -1.04. The van der Waals surface area contributed by atoms with Gasteiger partial charge in [0.05, 0.1) is 17.4 Å². The molecule has 3 saturated heterocycles. The monoisotopic (exact) mass is 573 g/mol. The van der Waals surface area contributed by atoms with Crippen LogP contribution in [0.4, 0.5) is 0 Å². The highest BCUT2D eigenvalue weighted by atomic mass is 16.5. The molecule has 3 aliphatic heterocycles. The van der Waals surface area contributed by atoms with Crippen molar-refractivity contribution in [2.45, 2.75) is 116 Å². The maximum atomic E-state index is 14.9. The van der Waals surface area contributed by atoms with Gasteiger partial charge < -0.3 is 24.5 Å². The Balaban J connectivity index is 2.10. The highest BCUT2D eigenvalue weighted by molar-refractivity contribution is 5.99. The largest absolute Gasteiger partial charge is 0.396 e. The van der Waals surface area contributed by atoms with Gasteiger partial charge in [0.25, 0.3) is 0 Å². The first-order chi connectivity index (χ1) is 19.2. The van der Waals surface area contributed by atoms with Crippen molar-refractivity contribution in [2.75, 3.05) is 33.3 Å². The summed E-state index contributed by atoms with van der Waals surface area (Å²) < 4.78 is 6.96. The number of aliphatic hydroxyl groups excluding tert-OH is 1. The third kappa shape index (κ3) is 6.15. The van der Waals surface area contributed by atoms with Crippen LogP contribution < -0.4 is 0 Å². The first kappa shape index (κ1) is 33.3. The predicted octanol–water partition coefficient (Wildman–Crippen LogP) is 4.57. The lowest BCUT2D eigenvalue weighted by Gasteiger charge is -2.45. The van der Waals surface area contributed by atoms with Gasteiger partial charge in [0.2, 0.25) is 17.7 Å². The minimum Gasteiger partial charge on any atom is -0.396 e. The van der Waals surface area contributed by atoms with Crippen LogP contribution in [0.2, 0.25) is 0 Å². The van der Waals surface area contributed by atoms with E-state index in [1.165, 1.54) is 0 Å². The first-order valence-corrected chi connectivity index (χ1v) is 15.6. The Kier molecular flexibility index (Phi) is 10.2. The number of unbranched alkanes of at least 4 members (excludes halogenated alkanes) is 3. The fourth-order valence-electron chi connectivity index (χ4n) is 8.19. The van der Waals surface area contributed by atoms with Crippen molar-refractivity contribution in [3.8, 4) is 0 Å². The summed E-state index contributed by atoms with van der Waals surface area (Å²) in [5.41, 5.74) is -2.32. The maximum Gasteiger partial charge on any atom is 0.249 e. The minimum absolute atomic E-state index is 0.0241. The van der Waals surface area contributed by atoms with Gasteiger partial charge in [0, 0.05) is 38.8 Å². The maximum absolute atomic E-state index is 14.9. The van der Waals surface area contributed by atoms with Crippen LogP contribution in [-0.2, 0) is 19.1 Å². The van der Waals surface area contributed by atoms with E-state index in [4.69, 9.17) is 4.74 Å². The van der Waals surface area contributed by atoms with E-state index in [1.807, 2.05) is 11.8 Å². The van der Waals surface area contributed by atoms with Crippen LogP contribution in [0.15, 0.2) is 25.3 Å². The van der Waals surface area contributed by atoms with Crippen LogP contribution >= 0.6 is 0 Å². The van der Waals surface area contributed by atoms with Crippen molar-refractivity contribution in [2.24, 2.45) is 17.3 Å². The van der Waals surface area contributed by atoms with Crippen molar-refractivity contribution in [1.29, 1.82) is 0 Å². The number of ether oxygens (including phenoxy) is 1. The van der Waals surface area contributed by atoms with E-state index >= 15 is 0 Å². The summed E-state index contributed by atoms with van der Waals surface area (Å²) in [5.74, 6) is -1.70. The number of rotatable bonds is 15. The van der Waals surface area contributed by atoms with E-state index in [-0.39, 0.29) is 29.7 Å². The number of likely N-dealkylation sites (tertiary alicyclic amines) is 1. The molecule has 2 bridgehead atoms. The van der Waals surface area contributed by atoms with Gasteiger partial charge in [-0.25, -0.2) is 0 Å². The zero-order chi connectivity index (χ0) is 30.8. The number of likely N-dealkylation sites (N-methyl/N-ethyl adjacent to an activating group) is 1. The Morgan fingerprint density at radius 3 is 2.24 bits per heavy atom. The fraction of sp³-hybridized carbons (Fsp3) is 0.788. The second-order valence-electron chi connectivity index (χ2n) is 14.3. The smallest absolute Gasteiger partial charge is 0.249 e. The summed E-state index contributed by atoms with van der Waals surface area (Å²) in [5, 5.41) is 9.21. The first-order valence-electron chi connectivity index (χ1n) is 15.6. The molecule has 41 heavy (non-hydrogen) atoms. The van der Waals surface area contributed by atoms with Crippen molar-refractivity contribution in [3.05, 3.63) is 25.3 Å². The van der Waals surface area contributed by atoms with Gasteiger partial charge in [0.15, 0.2) is 0 Å². The Bertz CT molecular complexity index is 1000. The summed E-state index contributed by atoms with van der Waals surface area (Å²) >= 11 is 0. The molecule has 3 aliphatic rings. The van der Waals surface area contributed by atoms with E-state index in [0.29, 0.717) is 45.3 Å². The average Bonchev–Trinajstić information content (AvgIpc) is 3.48. The summed E-state index contributed by atoms with van der Waals surface area (Å²) in [6.45, 7) is 21.7. The van der Waals surface area contributed by atoms with Gasteiger partial charge in [-0.15, -0.1) is 13.2 Å². The number of amides is 3. The van der Waals surface area contributed by atoms with Crippen molar-refractivity contribution < 1.29 is 24.2 Å². The molecule has 1 N–H and O–H groups in total. The third-order valence-corrected chi connectivity index (χ3v) is 9.54. The number of aliphatic hydroxyl groups is 1. The molecule has 0 aliphatic carbocycles. The molecule has 0 saturated carbocycles. The summed E-state index contributed by atoms with van der Waals surface area (Å²) in [6, 6.07) is -0.798. The number of nitrogens with zero attached hydrogens (tertiary/aromatic N) is 3. The molecule has 3 fully saturated rings. The van der Waals surface area contributed by atoms with E-state index in [2.05, 4.69) is 47.8 Å². The number of carbonyl (C=O) groups is 3. The highest BCUT2D eigenvalue weighted by Crippen LogP contribution is 2.64. The molecule has 5 atom stereocenters. The molecule has 0 aromatic carbocycles. The summed E-state index contributed by atoms with van der Waals surface area (Å²) in [6.07, 6.45) is 9.17. The highest BCUT2D eigenvalue weighted by Gasteiger charge is 2.79. The van der Waals surface area contributed by atoms with Gasteiger partial charge >= 0.3 is 0 Å². The number of carbonyl (C=O) groups excluding carboxylic acids is 3. The third-order valence-electron chi connectivity index (χ3n) is 9.54. The Labute approximate surface area is 248 Å². The molecular weight excluding hydrogens is 518 g/mol. The summed E-state index contributed by atoms with van der Waals surface area (Å²) in [4.78, 5) is 48.5. The standard InChI is InChI=1S/C33H55N3O5/c1-10-19-34(9)27(38)24-25-28(39)35(21-15-13-14-16-22-37)26(33(25)18-17-32(24,12-3)41-33)29(40)36(20-11-2)31(7,8)23-30(4,5)6/h10-11,24-26,37H,1-2,12-23H2,3-9H3/t24-,25+,26?,32+,33?/m1/s1. The zero-order valence-electron chi connectivity index (χ0n) is 26.7. The lowest BCUT2D eigenvalue weighted by molar-refractivity contribution is -0.158. The second kappa shape index (κ2) is 12.6. The molecule has 8 heteroatoms. The lowest BCUT2D eigenvalue weighted by Crippen LogP contribution is -2.61. The van der Waals surface area contributed by atoms with Crippen LogP contribution in [-0.4, -0.2) is 93.6 Å². The molecule has 0 aromatic rings. The van der Waals surface area contributed by atoms with Gasteiger partial charge in [-0.3, -0.25) is 14.4 Å². The van der Waals surface area contributed by atoms with Crippen LogP contribution in [0.5, 0.6) is 0 Å². The van der Waals surface area contributed by atoms with Gasteiger partial charge in [0.1, 0.15) is 11.6 Å². The van der Waals surface area contributed by atoms with Crippen molar-refractivity contribution >= 4 is 17.7 Å². The second-order valence-corrected chi connectivity index (χ2v) is 14.3. The number of hydrogen-bond acceptors (Lipinski definition) is 5. The van der Waals surface area contributed by atoms with Gasteiger partial charge in [-0.05, 0) is 57.8 Å². The molecule has 3 heterocycles. The lowest BCUT2D eigenvalue weighted by atomic mass is 9.64. The van der Waals surface area contributed by atoms with E-state index in [1.54, 1.807) is 29.0 Å². The van der Waals surface area contributed by atoms with Gasteiger partial charge in [-0.2, -0.15) is 0 Å². The zero-order valence-corrected chi connectivity index (χ0v) is 26.7. The molecule has 232 valence electrons.